The lowest BCUT2D eigenvalue weighted by molar-refractivity contribution is -0.0498. The summed E-state index contributed by atoms with van der Waals surface area (Å²) in [6.45, 7) is 2.23. The monoisotopic (exact) mass is 404 g/mol. The molecule has 0 aliphatic heterocycles. The molecular weight excluding hydrogens is 382 g/mol. The van der Waals surface area contributed by atoms with Gasteiger partial charge in [0.1, 0.15) is 5.75 Å². The van der Waals surface area contributed by atoms with Crippen molar-refractivity contribution in [1.82, 2.24) is 9.47 Å². The minimum absolute atomic E-state index is 0.0709. The van der Waals surface area contributed by atoms with Crippen LogP contribution in [0, 0.1) is 13.8 Å². The Morgan fingerprint density at radius 1 is 1.21 bits per heavy atom. The molecule has 2 aromatic heterocycles. The average molecular weight is 404 g/mol. The minimum Gasteiger partial charge on any atom is -0.435 e. The van der Waals surface area contributed by atoms with Gasteiger partial charge in [0.25, 0.3) is 5.91 Å². The molecule has 1 amide bonds. The third kappa shape index (κ3) is 4.59. The van der Waals surface area contributed by atoms with E-state index in [0.717, 1.165) is 23.5 Å². The van der Waals surface area contributed by atoms with E-state index in [2.05, 4.69) is 15.4 Å². The van der Waals surface area contributed by atoms with Crippen molar-refractivity contribution in [2.45, 2.75) is 33.5 Å². The van der Waals surface area contributed by atoms with E-state index in [1.807, 2.05) is 31.4 Å². The number of alkyl halides is 2. The third-order valence-corrected chi connectivity index (χ3v) is 5.47. The Hall–Kier alpha value is -2.67. The molecule has 0 fully saturated rings. The molecule has 1 aromatic carbocycles. The zero-order valence-electron chi connectivity index (χ0n) is 16.0. The number of halogens is 2. The maximum Gasteiger partial charge on any atom is 0.387 e. The van der Waals surface area contributed by atoms with E-state index >= 15 is 0 Å². The van der Waals surface area contributed by atoms with Crippen molar-refractivity contribution in [2.75, 3.05) is 7.05 Å². The van der Waals surface area contributed by atoms with Gasteiger partial charge in [-0.15, -0.1) is 11.3 Å². The van der Waals surface area contributed by atoms with Crippen LogP contribution < -0.4 is 4.74 Å². The molecule has 0 aliphatic rings. The van der Waals surface area contributed by atoms with E-state index in [0.29, 0.717) is 12.1 Å². The standard InChI is InChI=1S/C21H22F2N2O2S/c1-14-11-19(15(2)25(14)13-18-5-4-10-28-18)20(26)24(3)12-16-6-8-17(9-7-16)27-21(22)23/h4-11,21H,12-13H2,1-3H3. The number of hydrogen-bond acceptors (Lipinski definition) is 3. The SMILES string of the molecule is Cc1cc(C(=O)N(C)Cc2ccc(OC(F)F)cc2)c(C)n1Cc1cccs1. The summed E-state index contributed by atoms with van der Waals surface area (Å²) in [5, 5.41) is 2.04. The van der Waals surface area contributed by atoms with E-state index in [1.54, 1.807) is 35.4 Å². The molecule has 0 saturated carbocycles. The van der Waals surface area contributed by atoms with Gasteiger partial charge in [0.15, 0.2) is 0 Å². The predicted molar refractivity (Wildman–Crippen MR) is 106 cm³/mol. The molecule has 148 valence electrons. The number of benzene rings is 1. The molecule has 7 heteroatoms. The molecule has 3 rings (SSSR count). The predicted octanol–water partition coefficient (Wildman–Crippen LogP) is 5.09. The molecule has 0 saturated heterocycles. The van der Waals surface area contributed by atoms with Crippen LogP contribution in [0.1, 0.15) is 32.2 Å². The second-order valence-electron chi connectivity index (χ2n) is 6.63. The summed E-state index contributed by atoms with van der Waals surface area (Å²) < 4.78 is 31.0. The first-order chi connectivity index (χ1) is 13.3. The Labute approximate surface area is 167 Å². The van der Waals surface area contributed by atoms with E-state index in [4.69, 9.17) is 0 Å². The highest BCUT2D eigenvalue weighted by Gasteiger charge is 2.19. The number of nitrogens with zero attached hydrogens (tertiary/aromatic N) is 2. The van der Waals surface area contributed by atoms with Crippen LogP contribution in [0.15, 0.2) is 47.8 Å². The number of ether oxygens (including phenoxy) is 1. The van der Waals surface area contributed by atoms with Crippen molar-refractivity contribution >= 4 is 17.2 Å². The molecule has 2 heterocycles. The van der Waals surface area contributed by atoms with Gasteiger partial charge in [-0.05, 0) is 49.1 Å². The maximum absolute atomic E-state index is 12.9. The number of rotatable bonds is 7. The molecule has 0 aliphatic carbocycles. The van der Waals surface area contributed by atoms with E-state index in [9.17, 15) is 13.6 Å². The normalized spacial score (nSPS) is 11.1. The van der Waals surface area contributed by atoms with Crippen LogP contribution in [-0.2, 0) is 13.1 Å². The minimum atomic E-state index is -2.85. The summed E-state index contributed by atoms with van der Waals surface area (Å²) in [6, 6.07) is 12.3. The van der Waals surface area contributed by atoms with Crippen LogP contribution in [-0.4, -0.2) is 29.0 Å². The van der Waals surface area contributed by atoms with Crippen molar-refractivity contribution in [1.29, 1.82) is 0 Å². The number of hydrogen-bond donors (Lipinski definition) is 0. The molecule has 3 aromatic rings. The van der Waals surface area contributed by atoms with Gasteiger partial charge in [-0.2, -0.15) is 8.78 Å². The Kier molecular flexibility index (Phi) is 6.14. The van der Waals surface area contributed by atoms with E-state index in [1.165, 1.54) is 17.0 Å². The van der Waals surface area contributed by atoms with Crippen molar-refractivity contribution in [3.05, 3.63) is 75.2 Å². The molecule has 0 atom stereocenters. The first-order valence-electron chi connectivity index (χ1n) is 8.83. The lowest BCUT2D eigenvalue weighted by Crippen LogP contribution is -2.26. The number of thiophene rings is 1. The van der Waals surface area contributed by atoms with Crippen LogP contribution in [0.2, 0.25) is 0 Å². The molecule has 4 nitrogen and oxygen atoms in total. The third-order valence-electron chi connectivity index (χ3n) is 4.61. The highest BCUT2D eigenvalue weighted by Crippen LogP contribution is 2.21. The molecule has 0 radical (unpaired) electrons. The molecule has 28 heavy (non-hydrogen) atoms. The average Bonchev–Trinajstić information content (AvgIpc) is 3.26. The van der Waals surface area contributed by atoms with E-state index in [-0.39, 0.29) is 11.7 Å². The Balaban J connectivity index is 1.71. The fraction of sp³-hybridized carbons (Fsp3) is 0.286. The maximum atomic E-state index is 12.9. The van der Waals surface area contributed by atoms with Crippen LogP contribution in [0.4, 0.5) is 8.78 Å². The largest absolute Gasteiger partial charge is 0.435 e. The van der Waals surface area contributed by atoms with Crippen LogP contribution in [0.5, 0.6) is 5.75 Å². The Morgan fingerprint density at radius 2 is 1.93 bits per heavy atom. The van der Waals surface area contributed by atoms with Gasteiger partial charge in [-0.25, -0.2) is 0 Å². The number of amides is 1. The van der Waals surface area contributed by atoms with Crippen molar-refractivity contribution < 1.29 is 18.3 Å². The fourth-order valence-electron chi connectivity index (χ4n) is 3.15. The van der Waals surface area contributed by atoms with Crippen molar-refractivity contribution in [2.24, 2.45) is 0 Å². The van der Waals surface area contributed by atoms with E-state index < -0.39 is 6.61 Å². The zero-order valence-corrected chi connectivity index (χ0v) is 16.8. The van der Waals surface area contributed by atoms with Gasteiger partial charge in [0.2, 0.25) is 0 Å². The van der Waals surface area contributed by atoms with Gasteiger partial charge < -0.3 is 14.2 Å². The summed E-state index contributed by atoms with van der Waals surface area (Å²) >= 11 is 1.69. The van der Waals surface area contributed by atoms with Gasteiger partial charge in [-0.1, -0.05) is 18.2 Å². The first-order valence-corrected chi connectivity index (χ1v) is 9.71. The Morgan fingerprint density at radius 3 is 2.54 bits per heavy atom. The molecular formula is C21H22F2N2O2S. The van der Waals surface area contributed by atoms with Crippen LogP contribution in [0.3, 0.4) is 0 Å². The lowest BCUT2D eigenvalue weighted by Gasteiger charge is -2.18. The molecule has 0 unspecified atom stereocenters. The summed E-state index contributed by atoms with van der Waals surface area (Å²) in [5.41, 5.74) is 3.48. The molecule has 0 spiro atoms. The lowest BCUT2D eigenvalue weighted by atomic mass is 10.1. The summed E-state index contributed by atoms with van der Waals surface area (Å²) in [6.07, 6.45) is 0. The highest BCUT2D eigenvalue weighted by atomic mass is 32.1. The summed E-state index contributed by atoms with van der Waals surface area (Å²) in [7, 11) is 1.73. The topological polar surface area (TPSA) is 34.5 Å². The molecule has 0 bridgehead atoms. The van der Waals surface area contributed by atoms with Crippen molar-refractivity contribution in [3.8, 4) is 5.75 Å². The zero-order chi connectivity index (χ0) is 20.3. The van der Waals surface area contributed by atoms with Crippen LogP contribution in [0.25, 0.3) is 0 Å². The van der Waals surface area contributed by atoms with Crippen molar-refractivity contribution in [3.63, 3.8) is 0 Å². The van der Waals surface area contributed by atoms with Gasteiger partial charge in [0, 0.05) is 29.9 Å². The summed E-state index contributed by atoms with van der Waals surface area (Å²) in [5.74, 6) is 0.0308. The summed E-state index contributed by atoms with van der Waals surface area (Å²) in [4.78, 5) is 15.8. The van der Waals surface area contributed by atoms with Gasteiger partial charge in [0.05, 0.1) is 12.1 Å². The number of aryl methyl sites for hydroxylation is 1. The van der Waals surface area contributed by atoms with Gasteiger partial charge >= 0.3 is 6.61 Å². The van der Waals surface area contributed by atoms with Crippen LogP contribution >= 0.6 is 11.3 Å². The Bertz CT molecular complexity index is 934. The quantitative estimate of drug-likeness (QED) is 0.550. The van der Waals surface area contributed by atoms with Gasteiger partial charge in [-0.3, -0.25) is 4.79 Å². The smallest absolute Gasteiger partial charge is 0.387 e. The second-order valence-corrected chi connectivity index (χ2v) is 7.67. The number of aromatic nitrogens is 1. The molecule has 0 N–H and O–H groups in total. The number of carbonyl (C=O) groups is 1. The first kappa shape index (κ1) is 20.1. The fourth-order valence-corrected chi connectivity index (χ4v) is 3.84. The highest BCUT2D eigenvalue weighted by molar-refractivity contribution is 7.09. The second kappa shape index (κ2) is 8.56. The number of carbonyl (C=O) groups excluding carboxylic acids is 1.